The molecule has 0 unspecified atom stereocenters. The van der Waals surface area contributed by atoms with Crippen molar-refractivity contribution in [2.45, 2.75) is 48.1 Å². The summed E-state index contributed by atoms with van der Waals surface area (Å²) in [6.45, 7) is 13.4. The minimum atomic E-state index is -0.189. The van der Waals surface area contributed by atoms with E-state index in [9.17, 15) is 0 Å². The van der Waals surface area contributed by atoms with Gasteiger partial charge in [0.05, 0.1) is 18.9 Å². The second-order valence-corrected chi connectivity index (χ2v) is 7.54. The quantitative estimate of drug-likeness (QED) is 0.305. The van der Waals surface area contributed by atoms with Crippen LogP contribution >= 0.6 is 11.3 Å². The zero-order chi connectivity index (χ0) is 24.2. The second kappa shape index (κ2) is 19.8. The van der Waals surface area contributed by atoms with Crippen molar-refractivity contribution in [3.05, 3.63) is 63.6 Å². The zero-order valence-corrected chi connectivity index (χ0v) is 21.0. The Kier molecular flexibility index (Phi) is 19.9. The van der Waals surface area contributed by atoms with Gasteiger partial charge in [-0.25, -0.2) is 10.9 Å². The van der Waals surface area contributed by atoms with Crippen molar-refractivity contribution in [1.82, 2.24) is 10.0 Å². The third kappa shape index (κ3) is 16.3. The lowest BCUT2D eigenvalue weighted by atomic mass is 10.2. The molecule has 0 atom stereocenters. The van der Waals surface area contributed by atoms with Gasteiger partial charge in [-0.2, -0.15) is 0 Å². The van der Waals surface area contributed by atoms with Crippen molar-refractivity contribution < 1.29 is 10.2 Å². The number of benzene rings is 1. The van der Waals surface area contributed by atoms with Crippen LogP contribution in [-0.4, -0.2) is 47.0 Å². The molecule has 2 aromatic rings. The summed E-state index contributed by atoms with van der Waals surface area (Å²) in [5, 5.41) is 20.7. The van der Waals surface area contributed by atoms with E-state index in [0.29, 0.717) is 18.8 Å². The predicted octanol–water partition coefficient (Wildman–Crippen LogP) is 3.82. The number of hydrogen-bond acceptors (Lipinski definition) is 8. The fourth-order valence-electron chi connectivity index (χ4n) is 2.06. The maximum absolute atomic E-state index is 8.78. The summed E-state index contributed by atoms with van der Waals surface area (Å²) in [6, 6.07) is 12.1. The van der Waals surface area contributed by atoms with E-state index in [1.807, 2.05) is 70.9 Å². The lowest BCUT2D eigenvalue weighted by Gasteiger charge is -2.22. The van der Waals surface area contributed by atoms with E-state index in [-0.39, 0.29) is 13.2 Å². The highest BCUT2D eigenvalue weighted by Gasteiger charge is 2.01. The predicted molar refractivity (Wildman–Crippen MR) is 135 cm³/mol. The van der Waals surface area contributed by atoms with Gasteiger partial charge in [-0.3, -0.25) is 0 Å². The van der Waals surface area contributed by atoms with Gasteiger partial charge in [0.15, 0.2) is 0 Å². The average Bonchev–Trinajstić information content (AvgIpc) is 3.22. The van der Waals surface area contributed by atoms with Crippen LogP contribution in [-0.2, 0) is 6.61 Å². The van der Waals surface area contributed by atoms with E-state index in [0.717, 1.165) is 10.6 Å². The van der Waals surface area contributed by atoms with E-state index in [1.54, 1.807) is 11.3 Å². The Morgan fingerprint density at radius 2 is 1.58 bits per heavy atom. The van der Waals surface area contributed by atoms with E-state index in [4.69, 9.17) is 21.8 Å². The molecule has 0 fully saturated rings. The molecule has 0 aliphatic rings. The molecule has 0 saturated heterocycles. The molecule has 1 aromatic carbocycles. The number of nitrogens with zero attached hydrogens (tertiary/aromatic N) is 2. The number of nitrogens with two attached hydrogens (primary N) is 2. The molecule has 7 nitrogen and oxygen atoms in total. The van der Waals surface area contributed by atoms with Gasteiger partial charge >= 0.3 is 0 Å². The highest BCUT2D eigenvalue weighted by molar-refractivity contribution is 7.11. The second-order valence-electron chi connectivity index (χ2n) is 6.17. The van der Waals surface area contributed by atoms with Crippen LogP contribution in [0.2, 0.25) is 0 Å². The number of thiophene rings is 1. The lowest BCUT2D eigenvalue weighted by Crippen LogP contribution is -2.37. The molecule has 1 heterocycles. The molecule has 0 bridgehead atoms. The van der Waals surface area contributed by atoms with Gasteiger partial charge < -0.3 is 26.4 Å². The minimum absolute atomic E-state index is 0.179. The number of hydrazine groups is 2. The number of aliphatic hydroxyl groups excluding tert-OH is 2. The number of rotatable bonds is 8. The summed E-state index contributed by atoms with van der Waals surface area (Å²) >= 11 is 1.64. The smallest absolute Gasteiger partial charge is 0.0840 e. The Hall–Kier alpha value is -2.10. The molecule has 0 radical (unpaired) electrons. The number of hydrogen-bond donors (Lipinski definition) is 5. The normalized spacial score (nSPS) is 10.1. The molecule has 31 heavy (non-hydrogen) atoms. The molecular formula is C23H43N5O2S. The van der Waals surface area contributed by atoms with E-state index >= 15 is 0 Å². The minimum Gasteiger partial charge on any atom is -0.399 e. The van der Waals surface area contributed by atoms with E-state index in [2.05, 4.69) is 24.5 Å². The zero-order valence-electron chi connectivity index (χ0n) is 20.2. The first-order valence-corrected chi connectivity index (χ1v) is 11.4. The van der Waals surface area contributed by atoms with Crippen molar-refractivity contribution in [2.24, 2.45) is 11.6 Å². The van der Waals surface area contributed by atoms with Crippen molar-refractivity contribution in [1.29, 1.82) is 0 Å². The third-order valence-corrected chi connectivity index (χ3v) is 4.52. The van der Waals surface area contributed by atoms with Gasteiger partial charge in [-0.1, -0.05) is 45.4 Å². The molecular weight excluding hydrogens is 410 g/mol. The van der Waals surface area contributed by atoms with E-state index in [1.165, 1.54) is 21.6 Å². The van der Waals surface area contributed by atoms with Gasteiger partial charge in [0.25, 0.3) is 0 Å². The van der Waals surface area contributed by atoms with Gasteiger partial charge in [-0.05, 0) is 38.1 Å². The SMILES string of the molecule is CC.CC.Cc1ccc(CO)s1.Cc1ccc(NN(C)CCN(N)/C=C(\N)CO)cc1. The van der Waals surface area contributed by atoms with Crippen molar-refractivity contribution in [3.8, 4) is 0 Å². The molecule has 0 spiro atoms. The first kappa shape index (κ1) is 31.1. The molecule has 7 N–H and O–H groups in total. The topological polar surface area (TPSA) is 111 Å². The summed E-state index contributed by atoms with van der Waals surface area (Å²) < 4.78 is 0. The van der Waals surface area contributed by atoms with Crippen molar-refractivity contribution >= 4 is 17.0 Å². The number of anilines is 1. The standard InChI is InChI=1S/C13H23N5O.C6H8OS.2C2H6/c1-11-3-5-13(6-4-11)16-17(2)7-8-18(15)9-12(14)10-19;1-5-2-3-6(4-7)8-5;2*1-2/h3-6,9,16,19H,7-8,10,14-15H2,1-2H3;2-3,7H,4H2,1H3;2*1-2H3/b12-9-;;;. The lowest BCUT2D eigenvalue weighted by molar-refractivity contribution is 0.285. The Bertz CT molecular complexity index is 690. The molecule has 1 aromatic heterocycles. The Morgan fingerprint density at radius 3 is 2.00 bits per heavy atom. The molecule has 0 saturated carbocycles. The van der Waals surface area contributed by atoms with Crippen LogP contribution < -0.4 is 17.0 Å². The van der Waals surface area contributed by atoms with Crippen LogP contribution in [0.4, 0.5) is 5.69 Å². The van der Waals surface area contributed by atoms with Gasteiger partial charge in [0.2, 0.25) is 0 Å². The number of nitrogens with one attached hydrogen (secondary N) is 1. The highest BCUT2D eigenvalue weighted by atomic mass is 32.1. The summed E-state index contributed by atoms with van der Waals surface area (Å²) in [7, 11) is 1.94. The number of likely N-dealkylation sites (N-methyl/N-ethyl adjacent to an activating group) is 1. The summed E-state index contributed by atoms with van der Waals surface area (Å²) in [6.07, 6.45) is 1.53. The van der Waals surface area contributed by atoms with Gasteiger partial charge in [0.1, 0.15) is 0 Å². The summed E-state index contributed by atoms with van der Waals surface area (Å²) in [5.41, 5.74) is 11.3. The van der Waals surface area contributed by atoms with Crippen LogP contribution in [0, 0.1) is 13.8 Å². The number of aliphatic hydroxyl groups is 2. The largest absolute Gasteiger partial charge is 0.399 e. The van der Waals surface area contributed by atoms with Gasteiger partial charge in [0, 0.05) is 41.8 Å². The first-order chi connectivity index (χ1) is 14.8. The van der Waals surface area contributed by atoms with E-state index < -0.39 is 0 Å². The van der Waals surface area contributed by atoms with Gasteiger partial charge in [-0.15, -0.1) is 11.3 Å². The molecule has 0 aliphatic carbocycles. The monoisotopic (exact) mass is 453 g/mol. The molecule has 0 aliphatic heterocycles. The Morgan fingerprint density at radius 1 is 1.00 bits per heavy atom. The average molecular weight is 454 g/mol. The molecule has 0 amide bonds. The maximum atomic E-state index is 8.78. The molecule has 8 heteroatoms. The molecule has 178 valence electrons. The summed E-state index contributed by atoms with van der Waals surface area (Å²) in [4.78, 5) is 2.30. The molecule has 2 rings (SSSR count). The summed E-state index contributed by atoms with van der Waals surface area (Å²) in [5.74, 6) is 5.72. The Labute approximate surface area is 192 Å². The highest BCUT2D eigenvalue weighted by Crippen LogP contribution is 2.13. The van der Waals surface area contributed by atoms with Crippen molar-refractivity contribution in [3.63, 3.8) is 0 Å². The van der Waals surface area contributed by atoms with Crippen LogP contribution in [0.1, 0.15) is 43.0 Å². The fourth-order valence-corrected chi connectivity index (χ4v) is 2.81. The van der Waals surface area contributed by atoms with Crippen LogP contribution in [0.15, 0.2) is 48.3 Å². The van der Waals surface area contributed by atoms with Crippen LogP contribution in [0.25, 0.3) is 0 Å². The fraction of sp³-hybridized carbons (Fsp3) is 0.478. The van der Waals surface area contributed by atoms with Crippen LogP contribution in [0.3, 0.4) is 0 Å². The Balaban J connectivity index is 0. The van der Waals surface area contributed by atoms with Crippen LogP contribution in [0.5, 0.6) is 0 Å². The van der Waals surface area contributed by atoms with Crippen molar-refractivity contribution in [2.75, 3.05) is 32.2 Å². The maximum Gasteiger partial charge on any atom is 0.0840 e. The third-order valence-electron chi connectivity index (χ3n) is 3.53. The first-order valence-electron chi connectivity index (χ1n) is 10.6. The number of aryl methyl sites for hydroxylation is 2.